The maximum atomic E-state index is 7.03. The maximum absolute atomic E-state index is 7.03. The standard InChI is InChI=1S/C22H36BNOSi/c1-17(2)16-21(20-14-6-7-15-24-20)25-23-19-12-8-10-18(11-9-13-19)22(23)26(3,4)5/h6-7,14-15,18-19,21-22H,1,8-13,16H2,2-5H3/t18?,19?,21-,22+/m1/s1. The molecule has 142 valence electrons. The van der Waals surface area contributed by atoms with Crippen molar-refractivity contribution in [3.05, 3.63) is 42.2 Å². The van der Waals surface area contributed by atoms with Crippen molar-refractivity contribution >= 4 is 15.0 Å². The molecule has 0 spiro atoms. The van der Waals surface area contributed by atoms with Gasteiger partial charge in [0.25, 0.3) is 6.92 Å². The summed E-state index contributed by atoms with van der Waals surface area (Å²) in [6.45, 7) is 14.4. The van der Waals surface area contributed by atoms with Gasteiger partial charge in [-0.15, -0.1) is 6.58 Å². The zero-order valence-corrected chi connectivity index (χ0v) is 18.2. The van der Waals surface area contributed by atoms with E-state index in [4.69, 9.17) is 4.65 Å². The molecule has 0 unspecified atom stereocenters. The van der Waals surface area contributed by atoms with Gasteiger partial charge < -0.3 is 4.65 Å². The summed E-state index contributed by atoms with van der Waals surface area (Å²) in [5.41, 5.74) is 3.03. The van der Waals surface area contributed by atoms with E-state index in [1.54, 1.807) is 0 Å². The Balaban J connectivity index is 1.92. The fraction of sp³-hybridized carbons (Fsp3) is 0.682. The molecule has 0 saturated carbocycles. The maximum Gasteiger partial charge on any atom is 0.297 e. The minimum Gasteiger partial charge on any atom is -0.427 e. The highest BCUT2D eigenvalue weighted by Crippen LogP contribution is 2.51. The second-order valence-corrected chi connectivity index (χ2v) is 15.2. The van der Waals surface area contributed by atoms with E-state index in [1.807, 2.05) is 12.3 Å². The lowest BCUT2D eigenvalue weighted by molar-refractivity contribution is 0.191. The van der Waals surface area contributed by atoms with Crippen LogP contribution in [0.4, 0.5) is 0 Å². The Hall–Kier alpha value is -0.868. The zero-order valence-electron chi connectivity index (χ0n) is 17.2. The van der Waals surface area contributed by atoms with Crippen LogP contribution >= 0.6 is 0 Å². The molecule has 2 aliphatic heterocycles. The van der Waals surface area contributed by atoms with Crippen LogP contribution in [-0.2, 0) is 4.65 Å². The van der Waals surface area contributed by atoms with Crippen molar-refractivity contribution < 1.29 is 4.65 Å². The van der Waals surface area contributed by atoms with Gasteiger partial charge in [-0.1, -0.05) is 69.8 Å². The van der Waals surface area contributed by atoms with Crippen LogP contribution in [0.25, 0.3) is 0 Å². The molecule has 0 radical (unpaired) electrons. The molecular formula is C22H36BNOSi. The molecule has 0 aliphatic carbocycles. The van der Waals surface area contributed by atoms with Crippen LogP contribution < -0.4 is 0 Å². The van der Waals surface area contributed by atoms with Crippen molar-refractivity contribution in [3.63, 3.8) is 0 Å². The van der Waals surface area contributed by atoms with Crippen LogP contribution in [0, 0.1) is 5.92 Å². The summed E-state index contributed by atoms with van der Waals surface area (Å²) in [7, 11) is -1.31. The first-order valence-corrected chi connectivity index (χ1v) is 14.1. The molecule has 2 fully saturated rings. The molecule has 1 aromatic heterocycles. The third-order valence-corrected chi connectivity index (χ3v) is 9.30. The minimum absolute atomic E-state index is 0.0527. The highest BCUT2D eigenvalue weighted by Gasteiger charge is 2.49. The van der Waals surface area contributed by atoms with E-state index in [0.29, 0.717) is 6.92 Å². The summed E-state index contributed by atoms with van der Waals surface area (Å²) in [6.07, 6.45) is 11.1. The van der Waals surface area contributed by atoms with Crippen LogP contribution in [-0.4, -0.2) is 20.0 Å². The van der Waals surface area contributed by atoms with Crippen molar-refractivity contribution in [2.24, 2.45) is 5.92 Å². The van der Waals surface area contributed by atoms with E-state index in [-0.39, 0.29) is 6.10 Å². The van der Waals surface area contributed by atoms with E-state index in [2.05, 4.69) is 50.3 Å². The number of aromatic nitrogens is 1. The molecule has 4 heteroatoms. The van der Waals surface area contributed by atoms with Crippen molar-refractivity contribution in [3.8, 4) is 0 Å². The Bertz CT molecular complexity index is 590. The molecule has 1 aromatic rings. The van der Waals surface area contributed by atoms with E-state index < -0.39 is 8.07 Å². The fourth-order valence-corrected chi connectivity index (χ4v) is 8.60. The number of fused-ring (bicyclic) bond motifs is 3. The normalized spacial score (nSPS) is 27.7. The van der Waals surface area contributed by atoms with Gasteiger partial charge in [-0.25, -0.2) is 0 Å². The highest BCUT2D eigenvalue weighted by molar-refractivity contribution is 6.88. The van der Waals surface area contributed by atoms with E-state index in [9.17, 15) is 0 Å². The predicted molar refractivity (Wildman–Crippen MR) is 115 cm³/mol. The first-order chi connectivity index (χ1) is 12.4. The van der Waals surface area contributed by atoms with Gasteiger partial charge >= 0.3 is 0 Å². The van der Waals surface area contributed by atoms with Crippen molar-refractivity contribution in [2.45, 2.75) is 88.9 Å². The van der Waals surface area contributed by atoms with Crippen molar-refractivity contribution in [1.82, 2.24) is 4.98 Å². The molecule has 2 nitrogen and oxygen atoms in total. The number of hydrogen-bond acceptors (Lipinski definition) is 2. The smallest absolute Gasteiger partial charge is 0.297 e. The first-order valence-electron chi connectivity index (χ1n) is 10.6. The van der Waals surface area contributed by atoms with Gasteiger partial charge in [0.1, 0.15) is 0 Å². The van der Waals surface area contributed by atoms with E-state index in [0.717, 1.165) is 29.3 Å². The molecule has 3 heterocycles. The average Bonchev–Trinajstić information content (AvgIpc) is 2.82. The molecule has 2 saturated heterocycles. The quantitative estimate of drug-likeness (QED) is 0.411. The Kier molecular flexibility index (Phi) is 6.45. The fourth-order valence-electron chi connectivity index (χ4n) is 5.51. The Morgan fingerprint density at radius 1 is 1.23 bits per heavy atom. The van der Waals surface area contributed by atoms with Gasteiger partial charge in [-0.3, -0.25) is 4.98 Å². The molecule has 2 aliphatic rings. The van der Waals surface area contributed by atoms with Crippen LogP contribution in [0.3, 0.4) is 0 Å². The van der Waals surface area contributed by atoms with Crippen LogP contribution in [0.2, 0.25) is 30.9 Å². The van der Waals surface area contributed by atoms with Gasteiger partial charge in [0.15, 0.2) is 0 Å². The molecule has 26 heavy (non-hydrogen) atoms. The minimum atomic E-state index is -1.31. The number of pyridine rings is 1. The molecule has 2 bridgehead atoms. The summed E-state index contributed by atoms with van der Waals surface area (Å²) >= 11 is 0. The van der Waals surface area contributed by atoms with E-state index in [1.165, 1.54) is 44.1 Å². The molecule has 3 rings (SSSR count). The Labute approximate surface area is 162 Å². The lowest BCUT2D eigenvalue weighted by atomic mass is 9.50. The van der Waals surface area contributed by atoms with Crippen LogP contribution in [0.1, 0.15) is 63.7 Å². The number of rotatable bonds is 6. The second-order valence-electron chi connectivity index (χ2n) is 9.78. The van der Waals surface area contributed by atoms with Crippen LogP contribution in [0.5, 0.6) is 0 Å². The summed E-state index contributed by atoms with van der Waals surface area (Å²) in [6, 6.07) is 6.20. The van der Waals surface area contributed by atoms with Gasteiger partial charge in [-0.05, 0) is 42.7 Å². The second kappa shape index (κ2) is 8.43. The number of hydrogen-bond donors (Lipinski definition) is 0. The third-order valence-electron chi connectivity index (χ3n) is 6.50. The van der Waals surface area contributed by atoms with Crippen LogP contribution in [0.15, 0.2) is 36.5 Å². The SMILES string of the molecule is C=C(C)C[C@@H](OB1C2CCCC(CCC2)[C@@H]1[Si](C)(C)C)c1ccccn1. The highest BCUT2D eigenvalue weighted by atomic mass is 28.3. The average molecular weight is 369 g/mol. The van der Waals surface area contributed by atoms with Gasteiger partial charge in [-0.2, -0.15) is 0 Å². The predicted octanol–water partition coefficient (Wildman–Crippen LogP) is 6.70. The monoisotopic (exact) mass is 369 g/mol. The van der Waals surface area contributed by atoms with Gasteiger partial charge in [0, 0.05) is 14.3 Å². The lowest BCUT2D eigenvalue weighted by Crippen LogP contribution is -2.45. The van der Waals surface area contributed by atoms with E-state index >= 15 is 0 Å². The Morgan fingerprint density at radius 3 is 2.46 bits per heavy atom. The summed E-state index contributed by atoms with van der Waals surface area (Å²) < 4.78 is 7.03. The molecule has 2 atom stereocenters. The molecule has 0 N–H and O–H groups in total. The molecular weight excluding hydrogens is 333 g/mol. The van der Waals surface area contributed by atoms with Crippen molar-refractivity contribution in [1.29, 1.82) is 0 Å². The number of nitrogens with zero attached hydrogens (tertiary/aromatic N) is 1. The summed E-state index contributed by atoms with van der Waals surface area (Å²) in [5, 5.41) is 0. The topological polar surface area (TPSA) is 22.1 Å². The lowest BCUT2D eigenvalue weighted by Gasteiger charge is -2.40. The van der Waals surface area contributed by atoms with Crippen molar-refractivity contribution in [2.75, 3.05) is 0 Å². The summed E-state index contributed by atoms with van der Waals surface area (Å²) in [4.78, 5) is 4.64. The first kappa shape index (κ1) is 19.9. The summed E-state index contributed by atoms with van der Waals surface area (Å²) in [5.74, 6) is 1.60. The Morgan fingerprint density at radius 2 is 1.92 bits per heavy atom. The van der Waals surface area contributed by atoms with Gasteiger partial charge in [0.2, 0.25) is 0 Å². The zero-order chi connectivity index (χ0) is 18.7. The molecule has 0 aromatic carbocycles. The third kappa shape index (κ3) is 4.69. The largest absolute Gasteiger partial charge is 0.427 e. The van der Waals surface area contributed by atoms with Gasteiger partial charge in [0.05, 0.1) is 11.8 Å². The molecule has 0 amide bonds.